The first kappa shape index (κ1) is 21.0. The first-order valence-electron chi connectivity index (χ1n) is 9.03. The number of hydrogen-bond donors (Lipinski definition) is 0. The Kier molecular flexibility index (Phi) is 6.59. The monoisotopic (exact) mass is 443 g/mol. The lowest BCUT2D eigenvalue weighted by molar-refractivity contribution is -0.384. The Balaban J connectivity index is 1.91. The Labute approximate surface area is 173 Å². The smallest absolute Gasteiger partial charge is 0.293 e. The molecule has 0 atom stereocenters. The van der Waals surface area contributed by atoms with Gasteiger partial charge in [-0.1, -0.05) is 24.4 Å². The molecule has 7 nitrogen and oxygen atoms in total. The second-order valence-electron chi connectivity index (χ2n) is 6.79. The zero-order valence-electron chi connectivity index (χ0n) is 15.5. The van der Waals surface area contributed by atoms with Gasteiger partial charge in [-0.15, -0.1) is 11.3 Å². The standard InChI is InChI=1S/C18H22ClN3O4S2/c1-20(13-14-6-9-18(19)27-14)16-8-7-15(12-17(16)22(23)24)28(25,26)21-10-4-2-3-5-11-21/h6-9,12H,2-5,10-11,13H2,1H3. The molecular weight excluding hydrogens is 422 g/mol. The van der Waals surface area contributed by atoms with E-state index in [4.69, 9.17) is 11.6 Å². The summed E-state index contributed by atoms with van der Waals surface area (Å²) >= 11 is 7.35. The van der Waals surface area contributed by atoms with E-state index in [2.05, 4.69) is 0 Å². The normalized spacial score (nSPS) is 15.9. The molecule has 0 N–H and O–H groups in total. The molecule has 0 aliphatic carbocycles. The molecule has 152 valence electrons. The zero-order chi connectivity index (χ0) is 20.3. The second-order valence-corrected chi connectivity index (χ2v) is 10.5. The molecule has 1 fully saturated rings. The molecule has 3 rings (SSSR count). The van der Waals surface area contributed by atoms with Gasteiger partial charge in [0.15, 0.2) is 0 Å². The van der Waals surface area contributed by atoms with Crippen molar-refractivity contribution in [1.82, 2.24) is 4.31 Å². The van der Waals surface area contributed by atoms with Gasteiger partial charge in [-0.3, -0.25) is 10.1 Å². The molecule has 1 aromatic heterocycles. The van der Waals surface area contributed by atoms with Crippen molar-refractivity contribution >= 4 is 44.3 Å². The van der Waals surface area contributed by atoms with Crippen molar-refractivity contribution in [3.8, 4) is 0 Å². The van der Waals surface area contributed by atoms with Crippen LogP contribution in [0.25, 0.3) is 0 Å². The molecular formula is C18H22ClN3O4S2. The molecule has 0 amide bonds. The number of benzene rings is 1. The van der Waals surface area contributed by atoms with E-state index in [1.165, 1.54) is 33.8 Å². The number of sulfonamides is 1. The van der Waals surface area contributed by atoms with Gasteiger partial charge in [-0.25, -0.2) is 8.42 Å². The quantitative estimate of drug-likeness (QED) is 0.484. The Hall–Kier alpha value is -1.68. The van der Waals surface area contributed by atoms with Gasteiger partial charge in [0.05, 0.1) is 20.7 Å². The van der Waals surface area contributed by atoms with Crippen LogP contribution in [0.15, 0.2) is 35.2 Å². The SMILES string of the molecule is CN(Cc1ccc(Cl)s1)c1ccc(S(=O)(=O)N2CCCCCC2)cc1[N+](=O)[O-]. The van der Waals surface area contributed by atoms with E-state index in [-0.39, 0.29) is 10.6 Å². The van der Waals surface area contributed by atoms with E-state index >= 15 is 0 Å². The fraction of sp³-hybridized carbons (Fsp3) is 0.444. The molecule has 1 saturated heterocycles. The number of hydrogen-bond acceptors (Lipinski definition) is 6. The minimum Gasteiger partial charge on any atom is -0.364 e. The van der Waals surface area contributed by atoms with Crippen LogP contribution in [0.3, 0.4) is 0 Å². The molecule has 1 aliphatic rings. The van der Waals surface area contributed by atoms with Crippen LogP contribution >= 0.6 is 22.9 Å². The third-order valence-electron chi connectivity index (χ3n) is 4.78. The highest BCUT2D eigenvalue weighted by molar-refractivity contribution is 7.89. The third kappa shape index (κ3) is 4.65. The van der Waals surface area contributed by atoms with Crippen LogP contribution in [0, 0.1) is 10.1 Å². The van der Waals surface area contributed by atoms with Gasteiger partial charge < -0.3 is 4.90 Å². The average molecular weight is 444 g/mol. The largest absolute Gasteiger partial charge is 0.364 e. The number of nitro benzene ring substituents is 1. The summed E-state index contributed by atoms with van der Waals surface area (Å²) < 4.78 is 28.0. The number of thiophene rings is 1. The maximum absolute atomic E-state index is 13.0. The van der Waals surface area contributed by atoms with Crippen LogP contribution in [-0.2, 0) is 16.6 Å². The molecule has 0 spiro atoms. The topological polar surface area (TPSA) is 83.8 Å². The maximum atomic E-state index is 13.0. The van der Waals surface area contributed by atoms with E-state index < -0.39 is 14.9 Å². The first-order valence-corrected chi connectivity index (χ1v) is 11.7. The van der Waals surface area contributed by atoms with E-state index in [1.807, 2.05) is 6.07 Å². The summed E-state index contributed by atoms with van der Waals surface area (Å²) in [6.07, 6.45) is 3.63. The number of halogens is 1. The van der Waals surface area contributed by atoms with Crippen molar-refractivity contribution in [2.45, 2.75) is 37.1 Å². The van der Waals surface area contributed by atoms with Gasteiger partial charge in [0.2, 0.25) is 10.0 Å². The summed E-state index contributed by atoms with van der Waals surface area (Å²) in [7, 11) is -2.01. The summed E-state index contributed by atoms with van der Waals surface area (Å²) in [5, 5.41) is 11.6. The molecule has 10 heteroatoms. The molecule has 0 bridgehead atoms. The van der Waals surface area contributed by atoms with Gasteiger partial charge in [0, 0.05) is 31.1 Å². The predicted octanol–water partition coefficient (Wildman–Crippen LogP) is 4.51. The van der Waals surface area contributed by atoms with E-state index in [9.17, 15) is 18.5 Å². The Bertz CT molecular complexity index is 953. The molecule has 0 radical (unpaired) electrons. The lowest BCUT2D eigenvalue weighted by Gasteiger charge is -2.22. The molecule has 0 unspecified atom stereocenters. The minimum absolute atomic E-state index is 0.0302. The molecule has 1 aromatic carbocycles. The second kappa shape index (κ2) is 8.77. The molecule has 28 heavy (non-hydrogen) atoms. The third-order valence-corrected chi connectivity index (χ3v) is 7.89. The van der Waals surface area contributed by atoms with Crippen molar-refractivity contribution in [3.05, 3.63) is 49.7 Å². The average Bonchev–Trinajstić information content (AvgIpc) is 2.89. The Morgan fingerprint density at radius 2 is 1.86 bits per heavy atom. The van der Waals surface area contributed by atoms with Gasteiger partial charge in [-0.05, 0) is 37.1 Å². The number of nitrogens with zero attached hydrogens (tertiary/aromatic N) is 3. The van der Waals surface area contributed by atoms with Gasteiger partial charge in [0.1, 0.15) is 5.69 Å². The number of anilines is 1. The summed E-state index contributed by atoms with van der Waals surface area (Å²) in [5.41, 5.74) is 0.144. The summed E-state index contributed by atoms with van der Waals surface area (Å²) in [6, 6.07) is 7.79. The lowest BCUT2D eigenvalue weighted by Crippen LogP contribution is -2.32. The Morgan fingerprint density at radius 3 is 2.43 bits per heavy atom. The van der Waals surface area contributed by atoms with Crippen LogP contribution in [0.1, 0.15) is 30.6 Å². The van der Waals surface area contributed by atoms with Crippen LogP contribution in [0.4, 0.5) is 11.4 Å². The lowest BCUT2D eigenvalue weighted by atomic mass is 10.2. The predicted molar refractivity (Wildman–Crippen MR) is 112 cm³/mol. The maximum Gasteiger partial charge on any atom is 0.293 e. The van der Waals surface area contributed by atoms with Crippen molar-refractivity contribution in [1.29, 1.82) is 0 Å². The highest BCUT2D eigenvalue weighted by atomic mass is 35.5. The Morgan fingerprint density at radius 1 is 1.18 bits per heavy atom. The van der Waals surface area contributed by atoms with E-state index in [0.29, 0.717) is 29.7 Å². The van der Waals surface area contributed by atoms with Gasteiger partial charge in [-0.2, -0.15) is 4.31 Å². The molecule has 2 heterocycles. The molecule has 2 aromatic rings. The van der Waals surface area contributed by atoms with Crippen molar-refractivity contribution in [3.63, 3.8) is 0 Å². The summed E-state index contributed by atoms with van der Waals surface area (Å²) in [6.45, 7) is 1.35. The van der Waals surface area contributed by atoms with Crippen molar-refractivity contribution in [2.24, 2.45) is 0 Å². The summed E-state index contributed by atoms with van der Waals surface area (Å²) in [4.78, 5) is 13.8. The fourth-order valence-electron chi connectivity index (χ4n) is 3.32. The molecule has 0 saturated carbocycles. The minimum atomic E-state index is -3.74. The van der Waals surface area contributed by atoms with Crippen LogP contribution in [-0.4, -0.2) is 37.8 Å². The molecule has 1 aliphatic heterocycles. The van der Waals surface area contributed by atoms with E-state index in [1.54, 1.807) is 18.0 Å². The van der Waals surface area contributed by atoms with Crippen LogP contribution < -0.4 is 4.90 Å². The van der Waals surface area contributed by atoms with Crippen molar-refractivity contribution in [2.75, 3.05) is 25.0 Å². The fourth-order valence-corrected chi connectivity index (χ4v) is 6.00. The zero-order valence-corrected chi connectivity index (χ0v) is 17.9. The number of rotatable bonds is 6. The van der Waals surface area contributed by atoms with Crippen LogP contribution in [0.2, 0.25) is 4.34 Å². The van der Waals surface area contributed by atoms with E-state index in [0.717, 1.165) is 30.6 Å². The van der Waals surface area contributed by atoms with Crippen LogP contribution in [0.5, 0.6) is 0 Å². The highest BCUT2D eigenvalue weighted by Crippen LogP contribution is 2.33. The van der Waals surface area contributed by atoms with Gasteiger partial charge in [0.25, 0.3) is 5.69 Å². The first-order chi connectivity index (χ1) is 13.3. The highest BCUT2D eigenvalue weighted by Gasteiger charge is 2.28. The van der Waals surface area contributed by atoms with Gasteiger partial charge >= 0.3 is 0 Å². The van der Waals surface area contributed by atoms with Crippen molar-refractivity contribution < 1.29 is 13.3 Å². The number of nitro groups is 1. The summed E-state index contributed by atoms with van der Waals surface area (Å²) in [5.74, 6) is 0.